The lowest BCUT2D eigenvalue weighted by molar-refractivity contribution is -0.125. The fraction of sp³-hybridized carbons (Fsp3) is 0.308. The van der Waals surface area contributed by atoms with Crippen molar-refractivity contribution in [2.45, 2.75) is 24.6 Å². The van der Waals surface area contributed by atoms with Gasteiger partial charge < -0.3 is 0 Å². The predicted octanol–water partition coefficient (Wildman–Crippen LogP) is 2.03. The normalized spacial score (nSPS) is 24.0. The zero-order valence-corrected chi connectivity index (χ0v) is 10.4. The van der Waals surface area contributed by atoms with Crippen molar-refractivity contribution in [2.75, 3.05) is 0 Å². The second-order valence-corrected chi connectivity index (χ2v) is 5.70. The second-order valence-electron chi connectivity index (χ2n) is 4.04. The Hall–Kier alpha value is -1.42. The Morgan fingerprint density at radius 2 is 2.12 bits per heavy atom. The minimum absolute atomic E-state index is 0.0287. The molecule has 0 aromatic heterocycles. The molecule has 2 rings (SSSR count). The van der Waals surface area contributed by atoms with Gasteiger partial charge in [0.05, 0.1) is 11.8 Å². The number of allylic oxidation sites excluding steroid dienone is 1. The highest BCUT2D eigenvalue weighted by Gasteiger charge is 2.36. The summed E-state index contributed by atoms with van der Waals surface area (Å²) in [6.07, 6.45) is 2.72. The summed E-state index contributed by atoms with van der Waals surface area (Å²) in [6, 6.07) is 9.63. The van der Waals surface area contributed by atoms with Gasteiger partial charge in [-0.1, -0.05) is 36.4 Å². The van der Waals surface area contributed by atoms with E-state index in [0.717, 1.165) is 5.56 Å². The van der Waals surface area contributed by atoms with Gasteiger partial charge in [0.25, 0.3) is 0 Å². The summed E-state index contributed by atoms with van der Waals surface area (Å²) in [5.41, 5.74) is 1.01. The number of rotatable bonds is 4. The maximum absolute atomic E-state index is 12.1. The van der Waals surface area contributed by atoms with Crippen LogP contribution in [0.15, 0.2) is 43.0 Å². The molecule has 1 heterocycles. The Labute approximate surface area is 104 Å². The summed E-state index contributed by atoms with van der Waals surface area (Å²) >= 11 is 0. The summed E-state index contributed by atoms with van der Waals surface area (Å²) < 4.78 is 13.5. The molecule has 1 unspecified atom stereocenters. The molecule has 0 spiro atoms. The van der Waals surface area contributed by atoms with Gasteiger partial charge in [-0.15, -0.1) is 6.58 Å². The number of hydrogen-bond acceptors (Lipinski definition) is 2. The molecular formula is C13H15NO2S. The minimum Gasteiger partial charge on any atom is -0.274 e. The van der Waals surface area contributed by atoms with Gasteiger partial charge in [-0.3, -0.25) is 9.10 Å². The van der Waals surface area contributed by atoms with E-state index in [-0.39, 0.29) is 11.2 Å². The zero-order chi connectivity index (χ0) is 12.3. The molecule has 1 aliphatic rings. The Morgan fingerprint density at radius 3 is 2.76 bits per heavy atom. The van der Waals surface area contributed by atoms with Gasteiger partial charge in [0.2, 0.25) is 5.91 Å². The van der Waals surface area contributed by atoms with E-state index in [1.807, 2.05) is 30.3 Å². The largest absolute Gasteiger partial charge is 0.274 e. The fourth-order valence-electron chi connectivity index (χ4n) is 1.90. The molecule has 1 aromatic rings. The van der Waals surface area contributed by atoms with E-state index in [0.29, 0.717) is 19.4 Å². The van der Waals surface area contributed by atoms with Gasteiger partial charge in [0, 0.05) is 6.42 Å². The van der Waals surface area contributed by atoms with E-state index < -0.39 is 11.0 Å². The van der Waals surface area contributed by atoms with Crippen molar-refractivity contribution >= 4 is 16.9 Å². The lowest BCUT2D eigenvalue weighted by Gasteiger charge is -2.15. The number of hydrogen-bond donors (Lipinski definition) is 0. The van der Waals surface area contributed by atoms with Crippen LogP contribution in [-0.4, -0.2) is 19.7 Å². The van der Waals surface area contributed by atoms with Gasteiger partial charge in [0.1, 0.15) is 11.0 Å². The molecule has 0 aliphatic carbocycles. The average molecular weight is 249 g/mol. The Kier molecular flexibility index (Phi) is 3.74. The monoisotopic (exact) mass is 249 g/mol. The molecule has 3 nitrogen and oxygen atoms in total. The molecule has 4 heteroatoms. The first kappa shape index (κ1) is 12.0. The molecule has 0 saturated carbocycles. The summed E-state index contributed by atoms with van der Waals surface area (Å²) in [5, 5.41) is -0.0938. The lowest BCUT2D eigenvalue weighted by Crippen LogP contribution is -2.26. The molecule has 2 atom stereocenters. The van der Waals surface area contributed by atoms with E-state index >= 15 is 0 Å². The van der Waals surface area contributed by atoms with Crippen molar-refractivity contribution in [1.82, 2.24) is 4.31 Å². The van der Waals surface area contributed by atoms with Crippen LogP contribution in [0.1, 0.15) is 18.4 Å². The first-order valence-electron chi connectivity index (χ1n) is 5.58. The molecule has 1 aromatic carbocycles. The molecule has 1 saturated heterocycles. The maximum Gasteiger partial charge on any atom is 0.235 e. The Morgan fingerprint density at radius 1 is 1.41 bits per heavy atom. The highest BCUT2D eigenvalue weighted by Crippen LogP contribution is 2.24. The SMILES string of the molecule is C=CC[C@@H]1CC(=O)N(Cc2ccccc2)S1=O. The summed E-state index contributed by atoms with van der Waals surface area (Å²) in [5.74, 6) is -0.0287. The smallest absolute Gasteiger partial charge is 0.235 e. The molecular weight excluding hydrogens is 234 g/mol. The molecule has 90 valence electrons. The second kappa shape index (κ2) is 5.27. The molecule has 0 N–H and O–H groups in total. The number of benzene rings is 1. The van der Waals surface area contributed by atoms with Gasteiger partial charge in [-0.05, 0) is 12.0 Å². The number of amides is 1. The third kappa shape index (κ3) is 2.64. The summed E-state index contributed by atoms with van der Waals surface area (Å²) in [4.78, 5) is 11.8. The van der Waals surface area contributed by atoms with Crippen molar-refractivity contribution in [2.24, 2.45) is 0 Å². The lowest BCUT2D eigenvalue weighted by atomic mass is 10.2. The van der Waals surface area contributed by atoms with Crippen molar-refractivity contribution in [3.8, 4) is 0 Å². The quantitative estimate of drug-likeness (QED) is 0.766. The summed E-state index contributed by atoms with van der Waals surface area (Å²) in [6.45, 7) is 4.06. The van der Waals surface area contributed by atoms with Gasteiger partial charge in [-0.2, -0.15) is 0 Å². The third-order valence-corrected chi connectivity index (χ3v) is 4.48. The topological polar surface area (TPSA) is 37.4 Å². The Balaban J connectivity index is 2.09. The van der Waals surface area contributed by atoms with Gasteiger partial charge in [0.15, 0.2) is 0 Å². The standard InChI is InChI=1S/C13H15NO2S/c1-2-6-12-9-13(15)14(17(12)16)10-11-7-4-3-5-8-11/h2-5,7-8,12H,1,6,9-10H2/t12-,17?/m1/s1. The number of carbonyl (C=O) groups is 1. The first-order valence-corrected chi connectivity index (χ1v) is 6.75. The maximum atomic E-state index is 12.1. The van der Waals surface area contributed by atoms with E-state index in [2.05, 4.69) is 6.58 Å². The van der Waals surface area contributed by atoms with Crippen LogP contribution in [0.5, 0.6) is 0 Å². The number of nitrogens with zero attached hydrogens (tertiary/aromatic N) is 1. The molecule has 1 fully saturated rings. The summed E-state index contributed by atoms with van der Waals surface area (Å²) in [7, 11) is -1.22. The van der Waals surface area contributed by atoms with E-state index in [9.17, 15) is 9.00 Å². The minimum atomic E-state index is -1.22. The molecule has 0 bridgehead atoms. The molecule has 1 amide bonds. The zero-order valence-electron chi connectivity index (χ0n) is 9.54. The van der Waals surface area contributed by atoms with Crippen molar-refractivity contribution in [1.29, 1.82) is 0 Å². The van der Waals surface area contributed by atoms with Crippen LogP contribution in [0.25, 0.3) is 0 Å². The van der Waals surface area contributed by atoms with Crippen LogP contribution in [0, 0.1) is 0 Å². The third-order valence-electron chi connectivity index (χ3n) is 2.78. The predicted molar refractivity (Wildman–Crippen MR) is 68.4 cm³/mol. The van der Waals surface area contributed by atoms with Crippen molar-refractivity contribution in [3.63, 3.8) is 0 Å². The van der Waals surface area contributed by atoms with Gasteiger partial charge in [-0.25, -0.2) is 4.21 Å². The highest BCUT2D eigenvalue weighted by atomic mass is 32.2. The Bertz CT molecular complexity index is 444. The first-order chi connectivity index (χ1) is 8.22. The molecule has 1 aliphatic heterocycles. The van der Waals surface area contributed by atoms with Crippen LogP contribution >= 0.6 is 0 Å². The molecule has 0 radical (unpaired) electrons. The van der Waals surface area contributed by atoms with Crippen LogP contribution in [-0.2, 0) is 22.3 Å². The van der Waals surface area contributed by atoms with Crippen LogP contribution in [0.2, 0.25) is 0 Å². The number of carbonyl (C=O) groups excluding carboxylic acids is 1. The van der Waals surface area contributed by atoms with Crippen LogP contribution in [0.4, 0.5) is 0 Å². The highest BCUT2D eigenvalue weighted by molar-refractivity contribution is 7.84. The van der Waals surface area contributed by atoms with Crippen molar-refractivity contribution in [3.05, 3.63) is 48.6 Å². The fourth-order valence-corrected chi connectivity index (χ4v) is 3.40. The van der Waals surface area contributed by atoms with Crippen molar-refractivity contribution < 1.29 is 9.00 Å². The van der Waals surface area contributed by atoms with Gasteiger partial charge >= 0.3 is 0 Å². The van der Waals surface area contributed by atoms with Crippen LogP contribution in [0.3, 0.4) is 0 Å². The van der Waals surface area contributed by atoms with Crippen LogP contribution < -0.4 is 0 Å². The van der Waals surface area contributed by atoms with E-state index in [1.165, 1.54) is 4.31 Å². The van der Waals surface area contributed by atoms with E-state index in [1.54, 1.807) is 6.08 Å². The molecule has 17 heavy (non-hydrogen) atoms. The average Bonchev–Trinajstić information content (AvgIpc) is 2.59. The van der Waals surface area contributed by atoms with E-state index in [4.69, 9.17) is 0 Å².